The largest absolute Gasteiger partial charge is 0.497 e. The number of ether oxygens (including phenoxy) is 1. The topological polar surface area (TPSA) is 98.7 Å². The summed E-state index contributed by atoms with van der Waals surface area (Å²) in [5.41, 5.74) is 0.718. The fourth-order valence-electron chi connectivity index (χ4n) is 2.83. The third-order valence-corrected chi connectivity index (χ3v) is 5.98. The molecule has 1 aromatic carbocycles. The van der Waals surface area contributed by atoms with Gasteiger partial charge >= 0.3 is 0 Å². The van der Waals surface area contributed by atoms with E-state index in [-0.39, 0.29) is 16.7 Å². The van der Waals surface area contributed by atoms with E-state index in [1.165, 1.54) is 16.4 Å². The predicted molar refractivity (Wildman–Crippen MR) is 92.0 cm³/mol. The molecule has 9 heteroatoms. The lowest BCUT2D eigenvalue weighted by Crippen LogP contribution is -2.27. The van der Waals surface area contributed by atoms with E-state index in [0.29, 0.717) is 24.7 Å². The molecule has 0 spiro atoms. The van der Waals surface area contributed by atoms with Crippen molar-refractivity contribution in [1.82, 2.24) is 14.4 Å². The zero-order chi connectivity index (χ0) is 18.1. The minimum absolute atomic E-state index is 0.115. The Bertz CT molecular complexity index is 1020. The number of furan rings is 1. The van der Waals surface area contributed by atoms with Crippen molar-refractivity contribution >= 4 is 10.0 Å². The SMILES string of the molecule is COc1cccc(-c2noc(-c3ccc(S(=O)(=O)N4CCCC4)o3)n2)c1. The van der Waals surface area contributed by atoms with Crippen molar-refractivity contribution in [2.24, 2.45) is 0 Å². The Hall–Kier alpha value is -2.65. The molecule has 0 atom stereocenters. The lowest BCUT2D eigenvalue weighted by Gasteiger charge is -2.12. The zero-order valence-electron chi connectivity index (χ0n) is 14.1. The van der Waals surface area contributed by atoms with Gasteiger partial charge < -0.3 is 13.7 Å². The van der Waals surface area contributed by atoms with E-state index in [1.54, 1.807) is 13.2 Å². The second-order valence-electron chi connectivity index (χ2n) is 5.88. The van der Waals surface area contributed by atoms with Crippen LogP contribution >= 0.6 is 0 Å². The monoisotopic (exact) mass is 375 g/mol. The van der Waals surface area contributed by atoms with Gasteiger partial charge in [-0.2, -0.15) is 9.29 Å². The highest BCUT2D eigenvalue weighted by Gasteiger charge is 2.30. The summed E-state index contributed by atoms with van der Waals surface area (Å²) in [6, 6.07) is 10.2. The van der Waals surface area contributed by atoms with Crippen LogP contribution in [0, 0.1) is 0 Å². The Balaban J connectivity index is 1.61. The van der Waals surface area contributed by atoms with Crippen LogP contribution in [0.25, 0.3) is 23.0 Å². The molecular formula is C17H17N3O5S. The molecule has 26 heavy (non-hydrogen) atoms. The first-order chi connectivity index (χ1) is 12.6. The lowest BCUT2D eigenvalue weighted by atomic mass is 10.2. The van der Waals surface area contributed by atoms with E-state index in [1.807, 2.05) is 18.2 Å². The molecule has 1 aliphatic rings. The number of sulfonamides is 1. The van der Waals surface area contributed by atoms with Crippen molar-refractivity contribution < 1.29 is 22.1 Å². The summed E-state index contributed by atoms with van der Waals surface area (Å²) in [6.45, 7) is 1.03. The normalized spacial score (nSPS) is 15.4. The number of benzene rings is 1. The first kappa shape index (κ1) is 16.8. The molecule has 2 aromatic heterocycles. The van der Waals surface area contributed by atoms with Crippen molar-refractivity contribution in [2.45, 2.75) is 17.9 Å². The molecule has 0 bridgehead atoms. The van der Waals surface area contributed by atoms with Crippen molar-refractivity contribution in [3.63, 3.8) is 0 Å². The molecule has 1 fully saturated rings. The number of aromatic nitrogens is 2. The van der Waals surface area contributed by atoms with Gasteiger partial charge in [-0.3, -0.25) is 0 Å². The quantitative estimate of drug-likeness (QED) is 0.676. The molecule has 1 aliphatic heterocycles. The molecule has 3 heterocycles. The molecule has 0 N–H and O–H groups in total. The van der Waals surface area contributed by atoms with E-state index >= 15 is 0 Å². The fraction of sp³-hybridized carbons (Fsp3) is 0.294. The average molecular weight is 375 g/mol. The van der Waals surface area contributed by atoms with Crippen LogP contribution in [0.3, 0.4) is 0 Å². The van der Waals surface area contributed by atoms with Crippen molar-refractivity contribution in [3.8, 4) is 28.8 Å². The van der Waals surface area contributed by atoms with E-state index in [0.717, 1.165) is 18.4 Å². The fourth-order valence-corrected chi connectivity index (χ4v) is 4.26. The molecule has 8 nitrogen and oxygen atoms in total. The number of nitrogens with zero attached hydrogens (tertiary/aromatic N) is 3. The van der Waals surface area contributed by atoms with E-state index in [9.17, 15) is 8.42 Å². The van der Waals surface area contributed by atoms with Gasteiger partial charge in [0.2, 0.25) is 10.9 Å². The minimum Gasteiger partial charge on any atom is -0.497 e. The van der Waals surface area contributed by atoms with Gasteiger partial charge in [0.15, 0.2) is 5.76 Å². The van der Waals surface area contributed by atoms with Crippen LogP contribution in [0.1, 0.15) is 12.8 Å². The smallest absolute Gasteiger partial charge is 0.293 e. The Kier molecular flexibility index (Phi) is 4.25. The second-order valence-corrected chi connectivity index (χ2v) is 7.75. The van der Waals surface area contributed by atoms with Crippen LogP contribution in [0.15, 0.2) is 50.4 Å². The highest BCUT2D eigenvalue weighted by atomic mass is 32.2. The van der Waals surface area contributed by atoms with Crippen LogP contribution in [0.5, 0.6) is 5.75 Å². The Morgan fingerprint density at radius 3 is 2.73 bits per heavy atom. The van der Waals surface area contributed by atoms with Crippen molar-refractivity contribution in [2.75, 3.05) is 20.2 Å². The second kappa shape index (κ2) is 6.58. The van der Waals surface area contributed by atoms with Gasteiger partial charge in [0, 0.05) is 18.7 Å². The molecule has 1 saturated heterocycles. The maximum absolute atomic E-state index is 12.5. The van der Waals surface area contributed by atoms with Gasteiger partial charge in [-0.05, 0) is 37.1 Å². The van der Waals surface area contributed by atoms with Gasteiger partial charge in [0.05, 0.1) is 7.11 Å². The Morgan fingerprint density at radius 2 is 1.96 bits per heavy atom. The number of methoxy groups -OCH3 is 1. The third kappa shape index (κ3) is 2.99. The van der Waals surface area contributed by atoms with Crippen LogP contribution in [0.4, 0.5) is 0 Å². The summed E-state index contributed by atoms with van der Waals surface area (Å²) in [4.78, 5) is 4.28. The minimum atomic E-state index is -3.62. The molecule has 0 unspecified atom stereocenters. The van der Waals surface area contributed by atoms with Crippen LogP contribution in [-0.4, -0.2) is 43.1 Å². The number of hydrogen-bond donors (Lipinski definition) is 0. The standard InChI is InChI=1S/C17H17N3O5S/c1-23-13-6-4-5-12(11-13)16-18-17(25-19-16)14-7-8-15(24-14)26(21,22)20-9-2-3-10-20/h4-8,11H,2-3,9-10H2,1H3. The van der Waals surface area contributed by atoms with Crippen molar-refractivity contribution in [3.05, 3.63) is 36.4 Å². The molecule has 4 rings (SSSR count). The highest BCUT2D eigenvalue weighted by Crippen LogP contribution is 2.29. The van der Waals surface area contributed by atoms with Crippen molar-refractivity contribution in [1.29, 1.82) is 0 Å². The molecule has 0 aliphatic carbocycles. The molecular weight excluding hydrogens is 358 g/mol. The zero-order valence-corrected chi connectivity index (χ0v) is 14.9. The third-order valence-electron chi connectivity index (χ3n) is 4.21. The van der Waals surface area contributed by atoms with Crippen LogP contribution in [0.2, 0.25) is 0 Å². The Labute approximate surface area is 150 Å². The van der Waals surface area contributed by atoms with Crippen LogP contribution in [-0.2, 0) is 10.0 Å². The molecule has 136 valence electrons. The van der Waals surface area contributed by atoms with Gasteiger partial charge in [-0.15, -0.1) is 0 Å². The first-order valence-electron chi connectivity index (χ1n) is 8.16. The van der Waals surface area contributed by atoms with E-state index in [2.05, 4.69) is 10.1 Å². The summed E-state index contributed by atoms with van der Waals surface area (Å²) in [5.74, 6) is 1.36. The lowest BCUT2D eigenvalue weighted by molar-refractivity contribution is 0.388. The summed E-state index contributed by atoms with van der Waals surface area (Å²) >= 11 is 0. The molecule has 0 amide bonds. The van der Waals surface area contributed by atoms with Gasteiger partial charge in [0.25, 0.3) is 15.9 Å². The summed E-state index contributed by atoms with van der Waals surface area (Å²) in [7, 11) is -2.04. The van der Waals surface area contributed by atoms with Gasteiger partial charge in [-0.1, -0.05) is 17.3 Å². The molecule has 0 saturated carbocycles. The first-order valence-corrected chi connectivity index (χ1v) is 9.60. The Morgan fingerprint density at radius 1 is 1.15 bits per heavy atom. The number of hydrogen-bond acceptors (Lipinski definition) is 7. The average Bonchev–Trinajstić information content (AvgIpc) is 3.42. The summed E-state index contributed by atoms with van der Waals surface area (Å²) in [5, 5.41) is 3.81. The summed E-state index contributed by atoms with van der Waals surface area (Å²) < 4.78 is 42.4. The van der Waals surface area contributed by atoms with Crippen LogP contribution < -0.4 is 4.74 Å². The van der Waals surface area contributed by atoms with E-state index in [4.69, 9.17) is 13.7 Å². The maximum Gasteiger partial charge on any atom is 0.293 e. The van der Waals surface area contributed by atoms with Gasteiger partial charge in [-0.25, -0.2) is 8.42 Å². The summed E-state index contributed by atoms with van der Waals surface area (Å²) in [6.07, 6.45) is 1.72. The molecule has 3 aromatic rings. The molecule has 0 radical (unpaired) electrons. The van der Waals surface area contributed by atoms with Gasteiger partial charge in [0.1, 0.15) is 5.75 Å². The number of rotatable bonds is 5. The maximum atomic E-state index is 12.5. The predicted octanol–water partition coefficient (Wildman–Crippen LogP) is 2.79. The van der Waals surface area contributed by atoms with E-state index < -0.39 is 10.0 Å². The highest BCUT2D eigenvalue weighted by molar-refractivity contribution is 7.89.